The molecule has 7 heteroatoms. The average Bonchev–Trinajstić information content (AvgIpc) is 3.09. The number of hydrogen-bond acceptors (Lipinski definition) is 2. The van der Waals surface area contributed by atoms with Crippen LogP contribution in [0.5, 0.6) is 0 Å². The van der Waals surface area contributed by atoms with Gasteiger partial charge in [-0.25, -0.2) is 18.6 Å². The number of aromatic nitrogens is 2. The van der Waals surface area contributed by atoms with Crippen LogP contribution in [-0.4, -0.2) is 22.1 Å². The summed E-state index contributed by atoms with van der Waals surface area (Å²) in [6.07, 6.45) is 0. The van der Waals surface area contributed by atoms with Crippen molar-refractivity contribution in [1.82, 2.24) is 14.9 Å². The standard InChI is InChI=1S/C22H18F2N4O/c23-16-7-5-15(6-8-16)21-27-19-3-1-2-4-20(19)28(21)14-13-25-22(29)26-18-11-9-17(24)10-12-18/h1-12H,13-14H2,(H2,25,26,29). The molecule has 1 heterocycles. The predicted octanol–water partition coefficient (Wildman–Crippen LogP) is 4.80. The first-order valence-electron chi connectivity index (χ1n) is 9.12. The Hall–Kier alpha value is -3.74. The lowest BCUT2D eigenvalue weighted by atomic mass is 10.2. The minimum Gasteiger partial charge on any atom is -0.336 e. The van der Waals surface area contributed by atoms with Crippen LogP contribution in [0, 0.1) is 11.6 Å². The smallest absolute Gasteiger partial charge is 0.319 e. The molecule has 0 aliphatic carbocycles. The van der Waals surface area contributed by atoms with E-state index < -0.39 is 0 Å². The van der Waals surface area contributed by atoms with E-state index in [4.69, 9.17) is 0 Å². The molecule has 146 valence electrons. The zero-order valence-electron chi connectivity index (χ0n) is 15.4. The lowest BCUT2D eigenvalue weighted by Crippen LogP contribution is -2.31. The third-order valence-corrected chi connectivity index (χ3v) is 4.48. The van der Waals surface area contributed by atoms with Crippen molar-refractivity contribution in [2.75, 3.05) is 11.9 Å². The second-order valence-corrected chi connectivity index (χ2v) is 6.47. The molecule has 0 radical (unpaired) electrons. The summed E-state index contributed by atoms with van der Waals surface area (Å²) in [6, 6.07) is 19.0. The van der Waals surface area contributed by atoms with Gasteiger partial charge in [-0.2, -0.15) is 0 Å². The first-order chi connectivity index (χ1) is 14.1. The summed E-state index contributed by atoms with van der Waals surface area (Å²) >= 11 is 0. The molecule has 0 aliphatic heterocycles. The van der Waals surface area contributed by atoms with Gasteiger partial charge >= 0.3 is 6.03 Å². The van der Waals surface area contributed by atoms with Gasteiger partial charge in [0.15, 0.2) is 0 Å². The molecule has 0 saturated carbocycles. The Morgan fingerprint density at radius 3 is 2.28 bits per heavy atom. The van der Waals surface area contributed by atoms with Gasteiger partial charge in [-0.1, -0.05) is 12.1 Å². The van der Waals surface area contributed by atoms with Crippen molar-refractivity contribution in [2.24, 2.45) is 0 Å². The van der Waals surface area contributed by atoms with Gasteiger partial charge in [-0.05, 0) is 60.7 Å². The third-order valence-electron chi connectivity index (χ3n) is 4.48. The van der Waals surface area contributed by atoms with Gasteiger partial charge < -0.3 is 15.2 Å². The van der Waals surface area contributed by atoms with Gasteiger partial charge in [0.1, 0.15) is 17.5 Å². The first-order valence-corrected chi connectivity index (χ1v) is 9.12. The Labute approximate surface area is 166 Å². The van der Waals surface area contributed by atoms with E-state index in [0.29, 0.717) is 24.6 Å². The van der Waals surface area contributed by atoms with Gasteiger partial charge in [0, 0.05) is 24.3 Å². The molecule has 0 atom stereocenters. The largest absolute Gasteiger partial charge is 0.336 e. The summed E-state index contributed by atoms with van der Waals surface area (Å²) in [5.41, 5.74) is 3.04. The van der Waals surface area contributed by atoms with E-state index in [1.54, 1.807) is 12.1 Å². The van der Waals surface area contributed by atoms with Gasteiger partial charge in [0.2, 0.25) is 0 Å². The summed E-state index contributed by atoms with van der Waals surface area (Å²) in [7, 11) is 0. The van der Waals surface area contributed by atoms with E-state index >= 15 is 0 Å². The fourth-order valence-electron chi connectivity index (χ4n) is 3.11. The highest BCUT2D eigenvalue weighted by Gasteiger charge is 2.12. The second-order valence-electron chi connectivity index (χ2n) is 6.47. The van der Waals surface area contributed by atoms with Crippen LogP contribution >= 0.6 is 0 Å². The Kier molecular flexibility index (Phi) is 5.20. The molecule has 0 aliphatic rings. The molecule has 0 bridgehead atoms. The number of carbonyl (C=O) groups is 1. The number of nitrogens with one attached hydrogen (secondary N) is 2. The number of rotatable bonds is 5. The topological polar surface area (TPSA) is 59.0 Å². The van der Waals surface area contributed by atoms with Gasteiger partial charge in [0.25, 0.3) is 0 Å². The molecule has 4 aromatic rings. The Bertz CT molecular complexity index is 1140. The zero-order chi connectivity index (χ0) is 20.2. The molecule has 2 N–H and O–H groups in total. The van der Waals surface area contributed by atoms with E-state index in [0.717, 1.165) is 16.6 Å². The molecule has 0 fully saturated rings. The lowest BCUT2D eigenvalue weighted by Gasteiger charge is -2.11. The molecule has 2 amide bonds. The van der Waals surface area contributed by atoms with Crippen molar-refractivity contribution < 1.29 is 13.6 Å². The maximum Gasteiger partial charge on any atom is 0.319 e. The number of urea groups is 1. The average molecular weight is 392 g/mol. The van der Waals surface area contributed by atoms with E-state index in [1.807, 2.05) is 28.8 Å². The van der Waals surface area contributed by atoms with Crippen molar-refractivity contribution in [3.8, 4) is 11.4 Å². The number of anilines is 1. The third kappa shape index (κ3) is 4.24. The maximum absolute atomic E-state index is 13.3. The number of fused-ring (bicyclic) bond motifs is 1. The highest BCUT2D eigenvalue weighted by atomic mass is 19.1. The number of benzene rings is 3. The van der Waals surface area contributed by atoms with Crippen molar-refractivity contribution in [3.63, 3.8) is 0 Å². The Morgan fingerprint density at radius 1 is 0.897 bits per heavy atom. The molecular weight excluding hydrogens is 374 g/mol. The molecule has 1 aromatic heterocycles. The molecule has 29 heavy (non-hydrogen) atoms. The minimum atomic E-state index is -0.385. The van der Waals surface area contributed by atoms with Crippen molar-refractivity contribution >= 4 is 22.8 Å². The minimum absolute atomic E-state index is 0.310. The molecule has 0 unspecified atom stereocenters. The molecule has 0 spiro atoms. The lowest BCUT2D eigenvalue weighted by molar-refractivity contribution is 0.251. The van der Waals surface area contributed by atoms with Crippen LogP contribution < -0.4 is 10.6 Å². The summed E-state index contributed by atoms with van der Waals surface area (Å²) in [5.74, 6) is 0.0266. The SMILES string of the molecule is O=C(NCCn1c(-c2ccc(F)cc2)nc2ccccc21)Nc1ccc(F)cc1. The predicted molar refractivity (Wildman–Crippen MR) is 109 cm³/mol. The molecule has 3 aromatic carbocycles. The molecule has 4 rings (SSSR count). The highest BCUT2D eigenvalue weighted by molar-refractivity contribution is 5.89. The van der Waals surface area contributed by atoms with E-state index in [-0.39, 0.29) is 17.7 Å². The van der Waals surface area contributed by atoms with Crippen molar-refractivity contribution in [3.05, 3.63) is 84.4 Å². The number of hydrogen-bond donors (Lipinski definition) is 2. The number of amides is 2. The summed E-state index contributed by atoms with van der Waals surface area (Å²) in [5, 5.41) is 5.44. The van der Waals surface area contributed by atoms with Crippen LogP contribution in [0.2, 0.25) is 0 Å². The summed E-state index contributed by atoms with van der Waals surface area (Å²) < 4.78 is 28.2. The zero-order valence-corrected chi connectivity index (χ0v) is 15.4. The van der Waals surface area contributed by atoms with Gasteiger partial charge in [-0.15, -0.1) is 0 Å². The number of nitrogens with zero attached hydrogens (tertiary/aromatic N) is 2. The normalized spacial score (nSPS) is 10.8. The summed E-state index contributed by atoms with van der Waals surface area (Å²) in [6.45, 7) is 0.825. The fourth-order valence-corrected chi connectivity index (χ4v) is 3.11. The van der Waals surface area contributed by atoms with Crippen LogP contribution in [0.1, 0.15) is 0 Å². The number of halogens is 2. The number of carbonyl (C=O) groups excluding carboxylic acids is 1. The number of imidazole rings is 1. The Balaban J connectivity index is 1.49. The maximum atomic E-state index is 13.3. The van der Waals surface area contributed by atoms with E-state index in [9.17, 15) is 13.6 Å². The van der Waals surface area contributed by atoms with Crippen LogP contribution in [0.3, 0.4) is 0 Å². The first kappa shape index (κ1) is 18.6. The monoisotopic (exact) mass is 392 g/mol. The van der Waals surface area contributed by atoms with Crippen molar-refractivity contribution in [1.29, 1.82) is 0 Å². The summed E-state index contributed by atoms with van der Waals surface area (Å²) in [4.78, 5) is 16.8. The van der Waals surface area contributed by atoms with Crippen molar-refractivity contribution in [2.45, 2.75) is 6.54 Å². The highest BCUT2D eigenvalue weighted by Crippen LogP contribution is 2.24. The van der Waals surface area contributed by atoms with E-state index in [2.05, 4.69) is 15.6 Å². The number of para-hydroxylation sites is 2. The molecule has 5 nitrogen and oxygen atoms in total. The van der Waals surface area contributed by atoms with Gasteiger partial charge in [-0.3, -0.25) is 0 Å². The quantitative estimate of drug-likeness (QED) is 0.512. The van der Waals surface area contributed by atoms with Crippen LogP contribution in [0.4, 0.5) is 19.3 Å². The Morgan fingerprint density at radius 2 is 1.55 bits per heavy atom. The van der Waals surface area contributed by atoms with Crippen LogP contribution in [0.25, 0.3) is 22.4 Å². The fraction of sp³-hybridized carbons (Fsp3) is 0.0909. The van der Waals surface area contributed by atoms with Crippen LogP contribution in [0.15, 0.2) is 72.8 Å². The molecular formula is C22H18F2N4O. The molecule has 0 saturated heterocycles. The second kappa shape index (κ2) is 8.10. The van der Waals surface area contributed by atoms with E-state index in [1.165, 1.54) is 36.4 Å². The van der Waals surface area contributed by atoms with Crippen LogP contribution in [-0.2, 0) is 6.54 Å². The van der Waals surface area contributed by atoms with Gasteiger partial charge in [0.05, 0.1) is 11.0 Å².